The van der Waals surface area contributed by atoms with Crippen molar-refractivity contribution in [1.82, 2.24) is 19.9 Å². The average molecular weight is 418 g/mol. The Labute approximate surface area is 181 Å². The number of nitrogen functional groups attached to an aromatic ring is 1. The predicted molar refractivity (Wildman–Crippen MR) is 124 cm³/mol. The molecule has 2 aromatic heterocycles. The van der Waals surface area contributed by atoms with Gasteiger partial charge < -0.3 is 15.8 Å². The first-order valence-corrected chi connectivity index (χ1v) is 10.7. The van der Waals surface area contributed by atoms with Crippen LogP contribution < -0.4 is 11.1 Å². The molecule has 0 fully saturated rings. The summed E-state index contributed by atoms with van der Waals surface area (Å²) in [7, 11) is 0. The molecule has 0 saturated heterocycles. The molecular weight excluding hydrogens is 390 g/mol. The molecule has 3 N–H and O–H groups in total. The topological polar surface area (TPSA) is 95.1 Å². The highest BCUT2D eigenvalue weighted by Gasteiger charge is 2.24. The summed E-state index contributed by atoms with van der Waals surface area (Å²) in [6, 6.07) is 15.7. The van der Waals surface area contributed by atoms with Crippen molar-refractivity contribution in [2.45, 2.75) is 26.7 Å². The lowest BCUT2D eigenvalue weighted by Crippen LogP contribution is -2.26. The minimum Gasteiger partial charge on any atom is -0.384 e. The van der Waals surface area contributed by atoms with E-state index < -0.39 is 0 Å². The van der Waals surface area contributed by atoms with Crippen LogP contribution in [0.2, 0.25) is 0 Å². The second-order valence-electron chi connectivity index (χ2n) is 7.31. The number of nitrogens with one attached hydrogen (secondary N) is 1. The molecule has 0 aliphatic heterocycles. The van der Waals surface area contributed by atoms with Gasteiger partial charge in [-0.05, 0) is 49.6 Å². The summed E-state index contributed by atoms with van der Waals surface area (Å²) < 4.78 is 7.17. The van der Waals surface area contributed by atoms with E-state index in [0.29, 0.717) is 42.3 Å². The van der Waals surface area contributed by atoms with Gasteiger partial charge in [0.1, 0.15) is 16.9 Å². The third-order valence-corrected chi connectivity index (χ3v) is 5.26. The molecule has 0 atom stereocenters. The van der Waals surface area contributed by atoms with Gasteiger partial charge >= 0.3 is 0 Å². The number of benzene rings is 2. The monoisotopic (exact) mass is 417 g/mol. The van der Waals surface area contributed by atoms with Crippen LogP contribution in [0.25, 0.3) is 27.9 Å². The summed E-state index contributed by atoms with van der Waals surface area (Å²) in [4.78, 5) is 22.7. The summed E-state index contributed by atoms with van der Waals surface area (Å²) in [5, 5.41) is 2.95. The van der Waals surface area contributed by atoms with Gasteiger partial charge in [-0.25, -0.2) is 9.97 Å². The van der Waals surface area contributed by atoms with E-state index >= 15 is 0 Å². The van der Waals surface area contributed by atoms with Gasteiger partial charge in [0.15, 0.2) is 5.65 Å². The van der Waals surface area contributed by atoms with Crippen molar-refractivity contribution in [3.05, 3.63) is 59.7 Å². The first kappa shape index (κ1) is 20.8. The van der Waals surface area contributed by atoms with E-state index in [2.05, 4.69) is 24.4 Å². The molecule has 0 spiro atoms. The zero-order chi connectivity index (χ0) is 21.8. The summed E-state index contributed by atoms with van der Waals surface area (Å²) in [5.74, 6) is 0.0786. The van der Waals surface area contributed by atoms with E-state index in [4.69, 9.17) is 20.4 Å². The maximum atomic E-state index is 13.1. The lowest BCUT2D eigenvalue weighted by Gasteiger charge is -2.09. The summed E-state index contributed by atoms with van der Waals surface area (Å²) in [5.41, 5.74) is 11.5. The minimum atomic E-state index is -0.256. The van der Waals surface area contributed by atoms with Gasteiger partial charge in [0.2, 0.25) is 0 Å². The molecule has 160 valence electrons. The standard InChI is InChI=1S/C24H27N5O2/c1-3-16-9-7-10-17(15-16)29-22(25)20(24(30)26-13-8-14-31-4-2)21-23(29)28-19-12-6-5-11-18(19)27-21/h5-7,9-12,15H,3-4,8,13-14,25H2,1-2H3,(H,26,30). The number of para-hydroxylation sites is 2. The maximum Gasteiger partial charge on any atom is 0.257 e. The number of ether oxygens (including phenoxy) is 1. The molecule has 0 aliphatic carbocycles. The minimum absolute atomic E-state index is 0.256. The highest BCUT2D eigenvalue weighted by Crippen LogP contribution is 2.31. The number of anilines is 1. The predicted octanol–water partition coefficient (Wildman–Crippen LogP) is 3.87. The van der Waals surface area contributed by atoms with Crippen LogP contribution in [0.4, 0.5) is 5.82 Å². The number of hydrogen-bond donors (Lipinski definition) is 2. The second-order valence-corrected chi connectivity index (χ2v) is 7.31. The molecule has 7 nitrogen and oxygen atoms in total. The van der Waals surface area contributed by atoms with Crippen molar-refractivity contribution >= 4 is 33.9 Å². The molecule has 0 saturated carbocycles. The number of fused-ring (bicyclic) bond motifs is 2. The number of hydrogen-bond acceptors (Lipinski definition) is 5. The number of carbonyl (C=O) groups excluding carboxylic acids is 1. The summed E-state index contributed by atoms with van der Waals surface area (Å²) >= 11 is 0. The number of aryl methyl sites for hydroxylation is 1. The van der Waals surface area contributed by atoms with Crippen LogP contribution in [0.3, 0.4) is 0 Å². The van der Waals surface area contributed by atoms with Crippen molar-refractivity contribution < 1.29 is 9.53 Å². The van der Waals surface area contributed by atoms with E-state index in [9.17, 15) is 4.79 Å². The Hall–Kier alpha value is -3.45. The van der Waals surface area contributed by atoms with Crippen LogP contribution in [0, 0.1) is 0 Å². The van der Waals surface area contributed by atoms with Crippen LogP contribution in [0.1, 0.15) is 36.2 Å². The third kappa shape index (κ3) is 4.09. The largest absolute Gasteiger partial charge is 0.384 e. The van der Waals surface area contributed by atoms with Gasteiger partial charge in [-0.15, -0.1) is 0 Å². The van der Waals surface area contributed by atoms with Crippen molar-refractivity contribution in [3.63, 3.8) is 0 Å². The number of nitrogens with two attached hydrogens (primary N) is 1. The van der Waals surface area contributed by atoms with Crippen LogP contribution in [-0.2, 0) is 11.2 Å². The molecule has 7 heteroatoms. The van der Waals surface area contributed by atoms with Crippen LogP contribution in [-0.4, -0.2) is 40.2 Å². The van der Waals surface area contributed by atoms with Gasteiger partial charge in [0.25, 0.3) is 5.91 Å². The fourth-order valence-corrected chi connectivity index (χ4v) is 3.67. The van der Waals surface area contributed by atoms with Crippen molar-refractivity contribution in [3.8, 4) is 5.69 Å². The lowest BCUT2D eigenvalue weighted by atomic mass is 10.1. The van der Waals surface area contributed by atoms with Crippen molar-refractivity contribution in [2.75, 3.05) is 25.5 Å². The zero-order valence-corrected chi connectivity index (χ0v) is 17.9. The Kier molecular flexibility index (Phi) is 6.13. The molecule has 31 heavy (non-hydrogen) atoms. The number of amides is 1. The highest BCUT2D eigenvalue weighted by atomic mass is 16.5. The van der Waals surface area contributed by atoms with Gasteiger partial charge in [0, 0.05) is 25.4 Å². The number of rotatable bonds is 8. The smallest absolute Gasteiger partial charge is 0.257 e. The Morgan fingerprint density at radius 1 is 1.10 bits per heavy atom. The average Bonchev–Trinajstić information content (AvgIpc) is 3.08. The number of aromatic nitrogens is 3. The summed E-state index contributed by atoms with van der Waals surface area (Å²) in [6.07, 6.45) is 1.63. The summed E-state index contributed by atoms with van der Waals surface area (Å²) in [6.45, 7) is 5.81. The molecule has 0 aliphatic rings. The third-order valence-electron chi connectivity index (χ3n) is 5.26. The van der Waals surface area contributed by atoms with E-state index in [1.165, 1.54) is 5.56 Å². The Bertz CT molecular complexity index is 1230. The molecule has 4 rings (SSSR count). The highest BCUT2D eigenvalue weighted by molar-refractivity contribution is 6.11. The van der Waals surface area contributed by atoms with Crippen LogP contribution in [0.15, 0.2) is 48.5 Å². The lowest BCUT2D eigenvalue weighted by molar-refractivity contribution is 0.0946. The van der Waals surface area contributed by atoms with Crippen molar-refractivity contribution in [1.29, 1.82) is 0 Å². The van der Waals surface area contributed by atoms with Crippen LogP contribution in [0.5, 0.6) is 0 Å². The van der Waals surface area contributed by atoms with Gasteiger partial charge in [-0.2, -0.15) is 0 Å². The Morgan fingerprint density at radius 3 is 2.61 bits per heavy atom. The molecular formula is C24H27N5O2. The molecule has 0 radical (unpaired) electrons. The fourth-order valence-electron chi connectivity index (χ4n) is 3.67. The van der Waals surface area contributed by atoms with Crippen molar-refractivity contribution in [2.24, 2.45) is 0 Å². The fraction of sp³-hybridized carbons (Fsp3) is 0.292. The maximum absolute atomic E-state index is 13.1. The first-order chi connectivity index (χ1) is 15.1. The van der Waals surface area contributed by atoms with Gasteiger partial charge in [0.05, 0.1) is 11.0 Å². The Morgan fingerprint density at radius 2 is 1.87 bits per heavy atom. The quantitative estimate of drug-likeness (QED) is 0.424. The number of carbonyl (C=O) groups is 1. The first-order valence-electron chi connectivity index (χ1n) is 10.7. The molecule has 0 unspecified atom stereocenters. The van der Waals surface area contributed by atoms with Crippen LogP contribution >= 0.6 is 0 Å². The molecule has 1 amide bonds. The molecule has 2 heterocycles. The molecule has 0 bridgehead atoms. The van der Waals surface area contributed by atoms with Gasteiger partial charge in [-0.1, -0.05) is 31.2 Å². The normalized spacial score (nSPS) is 11.3. The Balaban J connectivity index is 1.84. The molecule has 2 aromatic carbocycles. The zero-order valence-electron chi connectivity index (χ0n) is 17.9. The van der Waals surface area contributed by atoms with Gasteiger partial charge in [-0.3, -0.25) is 9.36 Å². The van der Waals surface area contributed by atoms with E-state index in [1.54, 1.807) is 0 Å². The number of nitrogens with zero attached hydrogens (tertiary/aromatic N) is 3. The van der Waals surface area contributed by atoms with E-state index in [0.717, 1.165) is 29.6 Å². The van der Waals surface area contributed by atoms with E-state index in [1.807, 2.05) is 47.9 Å². The second kappa shape index (κ2) is 9.14. The van der Waals surface area contributed by atoms with E-state index in [-0.39, 0.29) is 5.91 Å². The SMILES string of the molecule is CCOCCCNC(=O)c1c(N)n(-c2cccc(CC)c2)c2nc3ccccc3nc12. The molecule has 4 aromatic rings.